The van der Waals surface area contributed by atoms with Gasteiger partial charge in [0.2, 0.25) is 29.5 Å². The molecule has 3 rings (SSSR count). The first-order valence-electron chi connectivity index (χ1n) is 15.8. The Balaban J connectivity index is 1.72. The minimum absolute atomic E-state index is 0.00362. The Hall–Kier alpha value is -4.46. The predicted molar refractivity (Wildman–Crippen MR) is 171 cm³/mol. The number of rotatable bonds is 16. The highest BCUT2D eigenvalue weighted by Crippen LogP contribution is 2.21. The van der Waals surface area contributed by atoms with E-state index in [0.29, 0.717) is 19.4 Å². The van der Waals surface area contributed by atoms with Gasteiger partial charge in [0.05, 0.1) is 13.1 Å². The number of H-pyrrole nitrogens is 1. The average molecular weight is 642 g/mol. The highest BCUT2D eigenvalue weighted by Gasteiger charge is 2.36. The number of nitrogens with one attached hydrogen (secondary N) is 5. The van der Waals surface area contributed by atoms with Crippen LogP contribution in [0.15, 0.2) is 30.5 Å². The lowest BCUT2D eigenvalue weighted by molar-refractivity contribution is -0.142. The molecule has 1 fully saturated rings. The van der Waals surface area contributed by atoms with Crippen molar-refractivity contribution in [3.63, 3.8) is 0 Å². The summed E-state index contributed by atoms with van der Waals surface area (Å²) < 4.78 is 0. The van der Waals surface area contributed by atoms with E-state index in [1.54, 1.807) is 6.20 Å². The monoisotopic (exact) mass is 641 g/mol. The van der Waals surface area contributed by atoms with Crippen molar-refractivity contribution in [2.45, 2.75) is 84.0 Å². The molecule has 14 nitrogen and oxygen atoms in total. The van der Waals surface area contributed by atoms with Crippen LogP contribution < -0.4 is 27.0 Å². The molecule has 1 aromatic heterocycles. The number of aromatic nitrogens is 1. The molecule has 0 bridgehead atoms. The molecule has 1 aliphatic heterocycles. The number of carboxylic acid groups (broad SMARTS) is 1. The van der Waals surface area contributed by atoms with Gasteiger partial charge in [0.15, 0.2) is 0 Å². The van der Waals surface area contributed by atoms with Crippen LogP contribution in [0.2, 0.25) is 0 Å². The normalized spacial score (nSPS) is 16.6. The third kappa shape index (κ3) is 10.0. The molecule has 2 aromatic rings. The first kappa shape index (κ1) is 36.0. The summed E-state index contributed by atoms with van der Waals surface area (Å²) in [7, 11) is 0. The molecule has 4 atom stereocenters. The lowest BCUT2D eigenvalue weighted by atomic mass is 10.0. The number of hydrogen-bond acceptors (Lipinski definition) is 7. The Labute approximate surface area is 268 Å². The summed E-state index contributed by atoms with van der Waals surface area (Å²) in [4.78, 5) is 81.4. The molecule has 0 radical (unpaired) electrons. The van der Waals surface area contributed by atoms with Crippen molar-refractivity contribution in [3.05, 3.63) is 36.0 Å². The van der Waals surface area contributed by atoms with E-state index in [2.05, 4.69) is 26.3 Å². The summed E-state index contributed by atoms with van der Waals surface area (Å²) in [6.45, 7) is 7.08. The zero-order valence-electron chi connectivity index (χ0n) is 26.9. The van der Waals surface area contributed by atoms with Gasteiger partial charge in [-0.1, -0.05) is 45.9 Å². The largest absolute Gasteiger partial charge is 0.480 e. The zero-order chi connectivity index (χ0) is 34.0. The van der Waals surface area contributed by atoms with Gasteiger partial charge in [0, 0.05) is 30.1 Å². The fraction of sp³-hybridized carbons (Fsp3) is 0.562. The van der Waals surface area contributed by atoms with Crippen molar-refractivity contribution in [1.82, 2.24) is 31.2 Å². The molecular formula is C32H47N7O7. The Morgan fingerprint density at radius 2 is 1.61 bits per heavy atom. The molecule has 0 unspecified atom stereocenters. The molecule has 1 saturated heterocycles. The van der Waals surface area contributed by atoms with Crippen molar-refractivity contribution in [2.75, 3.05) is 19.6 Å². The number of carbonyl (C=O) groups excluding carboxylic acids is 5. The van der Waals surface area contributed by atoms with Crippen LogP contribution >= 0.6 is 0 Å². The fourth-order valence-electron chi connectivity index (χ4n) is 5.66. The third-order valence-corrected chi connectivity index (χ3v) is 7.89. The van der Waals surface area contributed by atoms with Crippen molar-refractivity contribution in [2.24, 2.45) is 17.6 Å². The summed E-state index contributed by atoms with van der Waals surface area (Å²) in [5.41, 5.74) is 7.15. The maximum absolute atomic E-state index is 13.5. The number of para-hydroxylation sites is 1. The summed E-state index contributed by atoms with van der Waals surface area (Å²) in [6.07, 6.45) is 3.38. The van der Waals surface area contributed by atoms with Crippen molar-refractivity contribution in [3.8, 4) is 0 Å². The molecule has 1 aromatic carbocycles. The summed E-state index contributed by atoms with van der Waals surface area (Å²) in [5.74, 6) is -3.91. The first-order chi connectivity index (χ1) is 21.8. The van der Waals surface area contributed by atoms with Gasteiger partial charge < -0.3 is 42.0 Å². The minimum atomic E-state index is -1.17. The van der Waals surface area contributed by atoms with E-state index in [-0.39, 0.29) is 43.6 Å². The van der Waals surface area contributed by atoms with E-state index in [1.165, 1.54) is 4.90 Å². The molecule has 0 aliphatic carbocycles. The second kappa shape index (κ2) is 16.7. The van der Waals surface area contributed by atoms with Crippen LogP contribution in [-0.2, 0) is 35.2 Å². The molecule has 0 spiro atoms. The molecule has 1 aliphatic rings. The second-order valence-electron chi connectivity index (χ2n) is 12.6. The maximum Gasteiger partial charge on any atom is 0.326 e. The van der Waals surface area contributed by atoms with Crippen molar-refractivity contribution in [1.29, 1.82) is 0 Å². The van der Waals surface area contributed by atoms with E-state index in [4.69, 9.17) is 5.73 Å². The second-order valence-corrected chi connectivity index (χ2v) is 12.6. The van der Waals surface area contributed by atoms with Crippen LogP contribution in [0, 0.1) is 11.8 Å². The number of benzene rings is 1. The molecule has 8 N–H and O–H groups in total. The standard InChI is InChI=1S/C32H47N7O7/c1-18(2)12-23(30(43)38-25(32(45)46)13-19(3)4)36-27(40)17-35-29(42)24(14-20-16-34-22-9-6-5-8-21(20)22)37-31(44)26-10-7-11-39(26)28(41)15-33/h5-6,8-9,16,18-19,23-26,34H,7,10-15,17,33H2,1-4H3,(H,35,42)(H,36,40)(H,37,44)(H,38,43)(H,45,46)/t23-,24-,25-,26-/m0/s1. The van der Waals surface area contributed by atoms with Gasteiger partial charge in [-0.05, 0) is 49.1 Å². The number of fused-ring (bicyclic) bond motifs is 1. The Morgan fingerprint density at radius 1 is 0.935 bits per heavy atom. The Morgan fingerprint density at radius 3 is 2.26 bits per heavy atom. The number of aliphatic carboxylic acids is 1. The van der Waals surface area contributed by atoms with E-state index < -0.39 is 60.3 Å². The average Bonchev–Trinajstić information content (AvgIpc) is 3.66. The zero-order valence-corrected chi connectivity index (χ0v) is 26.9. The maximum atomic E-state index is 13.5. The smallest absolute Gasteiger partial charge is 0.326 e. The van der Waals surface area contributed by atoms with Gasteiger partial charge in [0.25, 0.3) is 0 Å². The number of amides is 5. The van der Waals surface area contributed by atoms with Crippen LogP contribution in [0.5, 0.6) is 0 Å². The van der Waals surface area contributed by atoms with Gasteiger partial charge >= 0.3 is 5.97 Å². The number of likely N-dealkylation sites (tertiary alicyclic amines) is 1. The van der Waals surface area contributed by atoms with Gasteiger partial charge in [-0.2, -0.15) is 0 Å². The molecule has 0 saturated carbocycles. The third-order valence-electron chi connectivity index (χ3n) is 7.89. The van der Waals surface area contributed by atoms with E-state index >= 15 is 0 Å². The van der Waals surface area contributed by atoms with Crippen molar-refractivity contribution >= 4 is 46.4 Å². The lowest BCUT2D eigenvalue weighted by Crippen LogP contribution is -2.56. The molecule has 2 heterocycles. The molecule has 46 heavy (non-hydrogen) atoms. The lowest BCUT2D eigenvalue weighted by Gasteiger charge is -2.26. The fourth-order valence-corrected chi connectivity index (χ4v) is 5.66. The van der Waals surface area contributed by atoms with Crippen LogP contribution in [0.25, 0.3) is 10.9 Å². The van der Waals surface area contributed by atoms with Gasteiger partial charge in [0.1, 0.15) is 24.2 Å². The van der Waals surface area contributed by atoms with E-state index in [0.717, 1.165) is 16.5 Å². The Kier molecular flexibility index (Phi) is 13.1. The van der Waals surface area contributed by atoms with E-state index in [1.807, 2.05) is 52.0 Å². The van der Waals surface area contributed by atoms with Gasteiger partial charge in [-0.15, -0.1) is 0 Å². The number of carboxylic acids is 1. The number of hydrogen-bond donors (Lipinski definition) is 7. The number of aromatic amines is 1. The summed E-state index contributed by atoms with van der Waals surface area (Å²) in [6, 6.07) is 3.52. The molecule has 252 valence electrons. The number of nitrogens with two attached hydrogens (primary N) is 1. The van der Waals surface area contributed by atoms with Gasteiger partial charge in [-0.3, -0.25) is 24.0 Å². The van der Waals surface area contributed by atoms with Crippen LogP contribution in [-0.4, -0.2) is 94.3 Å². The summed E-state index contributed by atoms with van der Waals surface area (Å²) in [5, 5.41) is 20.9. The molecule has 5 amide bonds. The molecular weight excluding hydrogens is 594 g/mol. The van der Waals surface area contributed by atoms with Crippen LogP contribution in [0.4, 0.5) is 0 Å². The van der Waals surface area contributed by atoms with Gasteiger partial charge in [-0.25, -0.2) is 4.79 Å². The van der Waals surface area contributed by atoms with Crippen molar-refractivity contribution < 1.29 is 33.9 Å². The SMILES string of the molecule is CC(C)C[C@H](NC(=O)[C@H](CC(C)C)NC(=O)CNC(=O)[C@H](Cc1c[nH]c2ccccc12)NC(=O)[C@@H]1CCCN1C(=O)CN)C(=O)O. The number of nitrogens with zero attached hydrogens (tertiary/aromatic N) is 1. The predicted octanol–water partition coefficient (Wildman–Crippen LogP) is 0.408. The highest BCUT2D eigenvalue weighted by atomic mass is 16.4. The molecule has 14 heteroatoms. The Bertz CT molecular complexity index is 1410. The quantitative estimate of drug-likeness (QED) is 0.136. The highest BCUT2D eigenvalue weighted by molar-refractivity contribution is 5.95. The van der Waals surface area contributed by atoms with Crippen LogP contribution in [0.1, 0.15) is 58.9 Å². The number of carbonyl (C=O) groups is 6. The topological polar surface area (TPSA) is 216 Å². The first-order valence-corrected chi connectivity index (χ1v) is 15.8. The van der Waals surface area contributed by atoms with Crippen LogP contribution in [0.3, 0.4) is 0 Å². The summed E-state index contributed by atoms with van der Waals surface area (Å²) >= 11 is 0. The van der Waals surface area contributed by atoms with E-state index in [9.17, 15) is 33.9 Å². The minimum Gasteiger partial charge on any atom is -0.480 e.